The molecule has 0 radical (unpaired) electrons. The Kier molecular flexibility index (Phi) is 3.78. The first kappa shape index (κ1) is 10.3. The Hall–Kier alpha value is 0.180. The van der Waals surface area contributed by atoms with Gasteiger partial charge in [-0.25, -0.2) is 0 Å². The van der Waals surface area contributed by atoms with Crippen LogP contribution in [0.2, 0.25) is 0 Å². The molecule has 0 aromatic carbocycles. The van der Waals surface area contributed by atoms with Crippen LogP contribution in [0.25, 0.3) is 0 Å². The molecule has 0 aromatic heterocycles. The number of hydrogen-bond acceptors (Lipinski definition) is 1. The Labute approximate surface area is 77.4 Å². The highest BCUT2D eigenvalue weighted by Gasteiger charge is 2.30. The highest BCUT2D eigenvalue weighted by molar-refractivity contribution is 8.11. The van der Waals surface area contributed by atoms with Crippen molar-refractivity contribution < 1.29 is 4.74 Å². The normalized spacial score (nSPS) is 25.7. The van der Waals surface area contributed by atoms with Crippen molar-refractivity contribution in [1.82, 2.24) is 0 Å². The van der Waals surface area contributed by atoms with E-state index in [-0.39, 0.29) is 0 Å². The van der Waals surface area contributed by atoms with Crippen LogP contribution >= 0.6 is 0 Å². The largest absolute Gasteiger partial charge is 0.337 e. The summed E-state index contributed by atoms with van der Waals surface area (Å²) in [5.41, 5.74) is 0.501. The molecule has 1 atom stereocenters. The molecule has 1 fully saturated rings. The summed E-state index contributed by atoms with van der Waals surface area (Å²) in [5, 5.41) is 0. The second-order valence-electron chi connectivity index (χ2n) is 3.49. The summed E-state index contributed by atoms with van der Waals surface area (Å²) in [5.74, 6) is 6.82. The van der Waals surface area contributed by atoms with Gasteiger partial charge in [0.25, 0.3) is 0 Å². The molecule has 0 aliphatic carbocycles. The van der Waals surface area contributed by atoms with E-state index in [1.54, 1.807) is 0 Å². The van der Waals surface area contributed by atoms with Crippen molar-refractivity contribution in [3.63, 3.8) is 0 Å². The molecular weight excluding hydrogens is 168 g/mol. The third-order valence-electron chi connectivity index (χ3n) is 2.85. The molecule has 1 heterocycles. The van der Waals surface area contributed by atoms with Crippen LogP contribution in [0.15, 0.2) is 0 Å². The minimum atomic E-state index is -0.689. The molecule has 0 aromatic rings. The maximum atomic E-state index is 5.80. The number of ether oxygens (including phenoxy) is 1. The van der Waals surface area contributed by atoms with Gasteiger partial charge in [-0.05, 0) is 26.7 Å². The lowest BCUT2D eigenvalue weighted by molar-refractivity contribution is 0.0702. The van der Waals surface area contributed by atoms with Crippen molar-refractivity contribution >= 4 is 15.5 Å². The average Bonchev–Trinajstić information content (AvgIpc) is 2.18. The van der Waals surface area contributed by atoms with Crippen LogP contribution in [0.3, 0.4) is 0 Å². The zero-order valence-corrected chi connectivity index (χ0v) is 9.16. The molecule has 2 heteroatoms. The Balaban J connectivity index is 2.58. The zero-order valence-electron chi connectivity index (χ0n) is 8.34. The summed E-state index contributed by atoms with van der Waals surface area (Å²) in [4.78, 5) is 0. The number of rotatable bonds is 3. The second-order valence-corrected chi connectivity index (χ2v) is 7.39. The molecule has 0 saturated carbocycles. The van der Waals surface area contributed by atoms with Crippen molar-refractivity contribution in [2.45, 2.75) is 38.5 Å². The predicted molar refractivity (Wildman–Crippen MR) is 59.2 cm³/mol. The molecule has 1 unspecified atom stereocenters. The molecule has 72 valence electrons. The number of hydrogen-bond donors (Lipinski definition) is 0. The lowest BCUT2D eigenvalue weighted by Crippen LogP contribution is -2.36. The van der Waals surface area contributed by atoms with Crippen molar-refractivity contribution in [1.29, 1.82) is 0 Å². The third kappa shape index (κ3) is 2.11. The van der Waals surface area contributed by atoms with Gasteiger partial charge in [0.15, 0.2) is 5.44 Å². The van der Waals surface area contributed by atoms with Gasteiger partial charge in [-0.2, -0.15) is 0 Å². The Morgan fingerprint density at radius 1 is 1.33 bits per heavy atom. The van der Waals surface area contributed by atoms with Gasteiger partial charge in [0, 0.05) is 12.3 Å². The standard InChI is InChI=1S/C10H21OS/c1-4-12(3,5-2)10-8-6-7-9-11-10/h10H,3-9H2,1-2H3/q+1. The van der Waals surface area contributed by atoms with Gasteiger partial charge in [-0.15, -0.1) is 9.62 Å². The van der Waals surface area contributed by atoms with Gasteiger partial charge >= 0.3 is 0 Å². The maximum Gasteiger partial charge on any atom is 0.184 e. The Bertz CT molecular complexity index is 163. The quantitative estimate of drug-likeness (QED) is 0.488. The molecule has 1 rings (SSSR count). The lowest BCUT2D eigenvalue weighted by Gasteiger charge is -2.29. The smallest absolute Gasteiger partial charge is 0.184 e. The molecule has 0 amide bonds. The van der Waals surface area contributed by atoms with Gasteiger partial charge in [-0.1, -0.05) is 0 Å². The molecule has 0 spiro atoms. The third-order valence-corrected chi connectivity index (χ3v) is 6.63. The van der Waals surface area contributed by atoms with Gasteiger partial charge in [-0.3, -0.25) is 0 Å². The van der Waals surface area contributed by atoms with E-state index in [4.69, 9.17) is 4.74 Å². The highest BCUT2D eigenvalue weighted by atomic mass is 32.2. The molecule has 0 N–H and O–H groups in total. The van der Waals surface area contributed by atoms with Gasteiger partial charge < -0.3 is 4.74 Å². The van der Waals surface area contributed by atoms with E-state index in [0.717, 1.165) is 6.61 Å². The van der Waals surface area contributed by atoms with Crippen molar-refractivity contribution in [3.05, 3.63) is 0 Å². The van der Waals surface area contributed by atoms with Gasteiger partial charge in [0.2, 0.25) is 0 Å². The minimum Gasteiger partial charge on any atom is -0.337 e. The summed E-state index contributed by atoms with van der Waals surface area (Å²) in [6, 6.07) is 0. The fraction of sp³-hybridized carbons (Fsp3) is 0.900. The van der Waals surface area contributed by atoms with Crippen molar-refractivity contribution in [2.75, 3.05) is 18.1 Å². The molecule has 0 bridgehead atoms. The van der Waals surface area contributed by atoms with E-state index in [1.807, 2.05) is 0 Å². The Morgan fingerprint density at radius 3 is 2.42 bits per heavy atom. The monoisotopic (exact) mass is 189 g/mol. The highest BCUT2D eigenvalue weighted by Crippen LogP contribution is 2.23. The minimum absolute atomic E-state index is 0.501. The molecule has 1 nitrogen and oxygen atoms in total. The van der Waals surface area contributed by atoms with Crippen molar-refractivity contribution in [2.24, 2.45) is 0 Å². The van der Waals surface area contributed by atoms with Crippen molar-refractivity contribution in [3.8, 4) is 0 Å². The predicted octanol–water partition coefficient (Wildman–Crippen LogP) is 2.14. The fourth-order valence-corrected chi connectivity index (χ4v) is 3.88. The van der Waals surface area contributed by atoms with Crippen LogP contribution in [0, 0.1) is 0 Å². The molecule has 1 saturated heterocycles. The average molecular weight is 189 g/mol. The molecular formula is C10H21OS+. The first-order valence-electron chi connectivity index (χ1n) is 4.95. The zero-order chi connectivity index (χ0) is 9.03. The van der Waals surface area contributed by atoms with Crippen LogP contribution in [0.1, 0.15) is 33.1 Å². The lowest BCUT2D eigenvalue weighted by atomic mass is 10.2. The first-order valence-corrected chi connectivity index (χ1v) is 7.15. The summed E-state index contributed by atoms with van der Waals surface area (Å²) in [6.45, 7) is 5.47. The summed E-state index contributed by atoms with van der Waals surface area (Å²) in [7, 11) is -0.689. The summed E-state index contributed by atoms with van der Waals surface area (Å²) < 4.78 is 5.80. The van der Waals surface area contributed by atoms with Gasteiger partial charge in [0.1, 0.15) is 0 Å². The summed E-state index contributed by atoms with van der Waals surface area (Å²) >= 11 is 0. The van der Waals surface area contributed by atoms with Crippen LogP contribution in [-0.4, -0.2) is 29.4 Å². The van der Waals surface area contributed by atoms with Crippen LogP contribution in [-0.2, 0) is 14.4 Å². The van der Waals surface area contributed by atoms with Crippen LogP contribution in [0.5, 0.6) is 0 Å². The van der Waals surface area contributed by atoms with E-state index in [1.165, 1.54) is 30.8 Å². The Morgan fingerprint density at radius 2 is 2.00 bits per heavy atom. The fourth-order valence-electron chi connectivity index (χ4n) is 1.68. The first-order chi connectivity index (χ1) is 5.73. The van der Waals surface area contributed by atoms with E-state index in [0.29, 0.717) is 5.44 Å². The van der Waals surface area contributed by atoms with E-state index >= 15 is 0 Å². The van der Waals surface area contributed by atoms with E-state index in [2.05, 4.69) is 19.7 Å². The van der Waals surface area contributed by atoms with Gasteiger partial charge in [0.05, 0.1) is 18.1 Å². The van der Waals surface area contributed by atoms with Crippen LogP contribution in [0.4, 0.5) is 0 Å². The van der Waals surface area contributed by atoms with Crippen LogP contribution < -0.4 is 0 Å². The topological polar surface area (TPSA) is 9.23 Å². The molecule has 1 aliphatic heterocycles. The second kappa shape index (κ2) is 4.43. The SMILES string of the molecule is C=[S+](CC)(CC)C1CCCCO1. The van der Waals surface area contributed by atoms with E-state index < -0.39 is 9.62 Å². The maximum absolute atomic E-state index is 5.80. The summed E-state index contributed by atoms with van der Waals surface area (Å²) in [6.07, 6.45) is 3.84. The van der Waals surface area contributed by atoms with E-state index in [9.17, 15) is 0 Å². The molecule has 12 heavy (non-hydrogen) atoms. The molecule has 1 aliphatic rings.